The van der Waals surface area contributed by atoms with Gasteiger partial charge in [0.15, 0.2) is 0 Å². The molecule has 126 valence electrons. The van der Waals surface area contributed by atoms with Crippen LogP contribution in [0.5, 0.6) is 0 Å². The summed E-state index contributed by atoms with van der Waals surface area (Å²) in [6.07, 6.45) is 0. The lowest BCUT2D eigenvalue weighted by Crippen LogP contribution is -2.30. The summed E-state index contributed by atoms with van der Waals surface area (Å²) in [6, 6.07) is 21.4. The van der Waals surface area contributed by atoms with Crippen LogP contribution < -0.4 is 0 Å². The van der Waals surface area contributed by atoms with E-state index in [2.05, 4.69) is 42.2 Å². The largest absolute Gasteiger partial charge is 0.269 e. The normalized spacial score (nSPS) is 12.8. The summed E-state index contributed by atoms with van der Waals surface area (Å²) in [5.41, 5.74) is 0.926. The van der Waals surface area contributed by atoms with Crippen molar-refractivity contribution in [2.45, 2.75) is 4.90 Å². The Bertz CT molecular complexity index is 1040. The minimum Gasteiger partial charge on any atom is -0.269 e. The molecular weight excluding hydrogens is 342 g/mol. The van der Waals surface area contributed by atoms with Crippen molar-refractivity contribution >= 4 is 34.3 Å². The first-order valence-electron chi connectivity index (χ1n) is 8.26. The average Bonchev–Trinajstić information content (AvgIpc) is 2.92. The SMILES string of the molecule is O=C1c2ccccc2C(=O)N1CC#CCSc1ccc2ccccc2c1. The van der Waals surface area contributed by atoms with Crippen LogP contribution in [0.1, 0.15) is 20.7 Å². The Morgan fingerprint density at radius 2 is 1.42 bits per heavy atom. The summed E-state index contributed by atoms with van der Waals surface area (Å²) in [4.78, 5) is 26.9. The lowest BCUT2D eigenvalue weighted by atomic mass is 10.1. The van der Waals surface area contributed by atoms with E-state index in [9.17, 15) is 9.59 Å². The number of carbonyl (C=O) groups excluding carboxylic acids is 2. The number of fused-ring (bicyclic) bond motifs is 2. The zero-order valence-corrected chi connectivity index (χ0v) is 14.8. The summed E-state index contributed by atoms with van der Waals surface area (Å²) in [7, 11) is 0. The Labute approximate surface area is 156 Å². The fourth-order valence-electron chi connectivity index (χ4n) is 2.95. The molecule has 0 aromatic heterocycles. The van der Waals surface area contributed by atoms with Crippen molar-refractivity contribution < 1.29 is 9.59 Å². The predicted octanol–water partition coefficient (Wildman–Crippen LogP) is 4.23. The molecule has 0 saturated heterocycles. The van der Waals surface area contributed by atoms with Gasteiger partial charge in [-0.05, 0) is 35.0 Å². The molecular formula is C22H15NO2S. The number of thioether (sulfide) groups is 1. The molecule has 0 saturated carbocycles. The van der Waals surface area contributed by atoms with E-state index in [-0.39, 0.29) is 18.4 Å². The molecule has 0 unspecified atom stereocenters. The van der Waals surface area contributed by atoms with Crippen LogP contribution in [0.25, 0.3) is 10.8 Å². The second-order valence-corrected chi connectivity index (χ2v) is 6.94. The molecule has 4 heteroatoms. The molecule has 26 heavy (non-hydrogen) atoms. The van der Waals surface area contributed by atoms with Gasteiger partial charge in [0.1, 0.15) is 0 Å². The molecule has 3 aromatic carbocycles. The van der Waals surface area contributed by atoms with Crippen LogP contribution in [0, 0.1) is 11.8 Å². The van der Waals surface area contributed by atoms with Crippen LogP contribution >= 0.6 is 11.8 Å². The zero-order valence-electron chi connectivity index (χ0n) is 13.9. The van der Waals surface area contributed by atoms with Crippen molar-refractivity contribution in [2.24, 2.45) is 0 Å². The van der Waals surface area contributed by atoms with E-state index in [0.29, 0.717) is 16.9 Å². The highest BCUT2D eigenvalue weighted by molar-refractivity contribution is 7.99. The first kappa shape index (κ1) is 16.4. The molecule has 1 aliphatic heterocycles. The fraction of sp³-hybridized carbons (Fsp3) is 0.0909. The Kier molecular flexibility index (Phi) is 4.47. The number of rotatable bonds is 3. The molecule has 0 radical (unpaired) electrons. The topological polar surface area (TPSA) is 37.4 Å². The van der Waals surface area contributed by atoms with Gasteiger partial charge in [-0.2, -0.15) is 0 Å². The third-order valence-electron chi connectivity index (χ3n) is 4.27. The molecule has 1 aliphatic rings. The van der Waals surface area contributed by atoms with Crippen molar-refractivity contribution in [3.8, 4) is 11.8 Å². The van der Waals surface area contributed by atoms with Crippen molar-refractivity contribution in [1.29, 1.82) is 0 Å². The van der Waals surface area contributed by atoms with Gasteiger partial charge in [-0.15, -0.1) is 11.8 Å². The van der Waals surface area contributed by atoms with E-state index in [1.54, 1.807) is 36.0 Å². The highest BCUT2D eigenvalue weighted by Crippen LogP contribution is 2.24. The predicted molar refractivity (Wildman–Crippen MR) is 104 cm³/mol. The first-order valence-corrected chi connectivity index (χ1v) is 9.25. The van der Waals surface area contributed by atoms with Crippen LogP contribution in [-0.2, 0) is 0 Å². The highest BCUT2D eigenvalue weighted by Gasteiger charge is 2.34. The van der Waals surface area contributed by atoms with Gasteiger partial charge in [0, 0.05) is 4.90 Å². The Hall–Kier alpha value is -3.03. The average molecular weight is 357 g/mol. The highest BCUT2D eigenvalue weighted by atomic mass is 32.2. The minimum atomic E-state index is -0.262. The van der Waals surface area contributed by atoms with Crippen molar-refractivity contribution in [1.82, 2.24) is 4.90 Å². The summed E-state index contributed by atoms with van der Waals surface area (Å²) < 4.78 is 0. The van der Waals surface area contributed by atoms with Crippen molar-refractivity contribution in [2.75, 3.05) is 12.3 Å². The summed E-state index contributed by atoms with van der Waals surface area (Å²) in [5, 5.41) is 2.42. The quantitative estimate of drug-likeness (QED) is 0.400. The van der Waals surface area contributed by atoms with Gasteiger partial charge in [-0.25, -0.2) is 0 Å². The van der Waals surface area contributed by atoms with Crippen LogP contribution in [-0.4, -0.2) is 29.0 Å². The molecule has 2 amide bonds. The molecule has 1 heterocycles. The Balaban J connectivity index is 1.37. The molecule has 3 aromatic rings. The molecule has 0 bridgehead atoms. The third kappa shape index (κ3) is 3.10. The van der Waals surface area contributed by atoms with Crippen LogP contribution in [0.4, 0.5) is 0 Å². The van der Waals surface area contributed by atoms with Gasteiger partial charge < -0.3 is 0 Å². The van der Waals surface area contributed by atoms with E-state index < -0.39 is 0 Å². The number of hydrogen-bond donors (Lipinski definition) is 0. The molecule has 0 N–H and O–H groups in total. The second-order valence-electron chi connectivity index (χ2n) is 5.89. The summed E-state index contributed by atoms with van der Waals surface area (Å²) >= 11 is 1.64. The third-order valence-corrected chi connectivity index (χ3v) is 5.15. The summed E-state index contributed by atoms with van der Waals surface area (Å²) in [5.74, 6) is 6.08. The number of nitrogens with zero attached hydrogens (tertiary/aromatic N) is 1. The maximum absolute atomic E-state index is 12.2. The Morgan fingerprint density at radius 3 is 2.15 bits per heavy atom. The molecule has 4 rings (SSSR count). The van der Waals surface area contributed by atoms with Gasteiger partial charge in [-0.1, -0.05) is 54.3 Å². The lowest BCUT2D eigenvalue weighted by molar-refractivity contribution is 0.0675. The lowest BCUT2D eigenvalue weighted by Gasteiger charge is -2.08. The second kappa shape index (κ2) is 7.07. The number of hydrogen-bond acceptors (Lipinski definition) is 3. The summed E-state index contributed by atoms with van der Waals surface area (Å²) in [6.45, 7) is 0.130. The molecule has 3 nitrogen and oxygen atoms in total. The van der Waals surface area contributed by atoms with E-state index in [1.165, 1.54) is 15.7 Å². The monoisotopic (exact) mass is 357 g/mol. The van der Waals surface area contributed by atoms with Crippen molar-refractivity contribution in [3.05, 3.63) is 77.9 Å². The fourth-order valence-corrected chi connectivity index (χ4v) is 3.66. The minimum absolute atomic E-state index is 0.130. The molecule has 0 spiro atoms. The number of carbonyl (C=O) groups is 2. The van der Waals surface area contributed by atoms with Gasteiger partial charge in [0.05, 0.1) is 23.4 Å². The van der Waals surface area contributed by atoms with E-state index in [4.69, 9.17) is 0 Å². The number of imide groups is 1. The standard InChI is InChI=1S/C22H15NO2S/c24-21-19-9-3-4-10-20(19)22(25)23(21)13-5-6-14-26-18-12-11-16-7-1-2-8-17(16)15-18/h1-4,7-12,15H,13-14H2. The zero-order chi connectivity index (χ0) is 17.9. The van der Waals surface area contributed by atoms with E-state index in [0.717, 1.165) is 4.90 Å². The molecule has 0 atom stereocenters. The number of amides is 2. The molecule has 0 fully saturated rings. The molecule has 0 aliphatic carbocycles. The van der Waals surface area contributed by atoms with Crippen LogP contribution in [0.2, 0.25) is 0 Å². The number of benzene rings is 3. The van der Waals surface area contributed by atoms with E-state index >= 15 is 0 Å². The van der Waals surface area contributed by atoms with Crippen LogP contribution in [0.15, 0.2) is 71.6 Å². The first-order chi connectivity index (χ1) is 12.7. The van der Waals surface area contributed by atoms with Gasteiger partial charge in [0.2, 0.25) is 0 Å². The van der Waals surface area contributed by atoms with E-state index in [1.807, 2.05) is 12.1 Å². The maximum atomic E-state index is 12.2. The van der Waals surface area contributed by atoms with Gasteiger partial charge >= 0.3 is 0 Å². The Morgan fingerprint density at radius 1 is 0.769 bits per heavy atom. The van der Waals surface area contributed by atoms with Gasteiger partial charge in [0.25, 0.3) is 11.8 Å². The smallest absolute Gasteiger partial charge is 0.262 e. The van der Waals surface area contributed by atoms with Gasteiger partial charge in [-0.3, -0.25) is 14.5 Å². The maximum Gasteiger partial charge on any atom is 0.262 e. The van der Waals surface area contributed by atoms with Crippen molar-refractivity contribution in [3.63, 3.8) is 0 Å². The van der Waals surface area contributed by atoms with Crippen LogP contribution in [0.3, 0.4) is 0 Å².